The van der Waals surface area contributed by atoms with Crippen LogP contribution in [0.5, 0.6) is 0 Å². The van der Waals surface area contributed by atoms with Crippen molar-refractivity contribution in [2.45, 2.75) is 19.3 Å². The maximum absolute atomic E-state index is 11.2. The summed E-state index contributed by atoms with van der Waals surface area (Å²) in [5, 5.41) is 6.95. The summed E-state index contributed by atoms with van der Waals surface area (Å²) in [4.78, 5) is 0. The molecule has 7 heteroatoms. The topological polar surface area (TPSA) is 99.3 Å². The van der Waals surface area contributed by atoms with Crippen molar-refractivity contribution in [3.8, 4) is 0 Å². The number of nitrogens with two attached hydrogens (primary N) is 1. The highest BCUT2D eigenvalue weighted by molar-refractivity contribution is 7.87. The Morgan fingerprint density at radius 3 is 2.43 bits per heavy atom. The van der Waals surface area contributed by atoms with Crippen molar-refractivity contribution in [1.29, 1.82) is 5.41 Å². The highest BCUT2D eigenvalue weighted by Crippen LogP contribution is 1.95. The maximum atomic E-state index is 11.2. The lowest BCUT2D eigenvalue weighted by molar-refractivity contribution is 0.503. The van der Waals surface area contributed by atoms with E-state index in [0.29, 0.717) is 19.4 Å². The van der Waals surface area contributed by atoms with Gasteiger partial charge in [-0.2, -0.15) is 12.7 Å². The Balaban J connectivity index is 3.60. The van der Waals surface area contributed by atoms with Gasteiger partial charge in [-0.3, -0.25) is 5.41 Å². The number of amidine groups is 1. The van der Waals surface area contributed by atoms with Gasteiger partial charge in [0, 0.05) is 27.1 Å². The standard InChI is InChI=1S/C7H18N4O2S/c1-11(2)14(12,13)10-6-4-3-5-7(8)9/h10H,3-6H2,1-2H3,(H3,8,9). The van der Waals surface area contributed by atoms with Crippen molar-refractivity contribution < 1.29 is 8.42 Å². The van der Waals surface area contributed by atoms with E-state index in [2.05, 4.69) is 4.72 Å². The van der Waals surface area contributed by atoms with Gasteiger partial charge in [0.1, 0.15) is 0 Å². The highest BCUT2D eigenvalue weighted by atomic mass is 32.2. The number of unbranched alkanes of at least 4 members (excludes halogenated alkanes) is 1. The second-order valence-corrected chi connectivity index (χ2v) is 5.13. The van der Waals surface area contributed by atoms with Crippen LogP contribution >= 0.6 is 0 Å². The second-order valence-electron chi connectivity index (χ2n) is 3.16. The molecular weight excluding hydrogens is 204 g/mol. The van der Waals surface area contributed by atoms with Gasteiger partial charge in [-0.25, -0.2) is 4.72 Å². The molecule has 14 heavy (non-hydrogen) atoms. The Labute approximate surface area is 85.2 Å². The Kier molecular flexibility index (Phi) is 5.66. The molecule has 0 aliphatic carbocycles. The van der Waals surface area contributed by atoms with Crippen molar-refractivity contribution in [3.05, 3.63) is 0 Å². The van der Waals surface area contributed by atoms with Gasteiger partial charge in [0.2, 0.25) is 0 Å². The molecule has 0 aromatic rings. The molecule has 0 amide bonds. The van der Waals surface area contributed by atoms with E-state index < -0.39 is 10.2 Å². The summed E-state index contributed by atoms with van der Waals surface area (Å²) in [7, 11) is -0.360. The fourth-order valence-corrected chi connectivity index (χ4v) is 1.43. The Hall–Kier alpha value is -0.660. The summed E-state index contributed by atoms with van der Waals surface area (Å²) in [6.07, 6.45) is 1.93. The third kappa shape index (κ3) is 5.90. The van der Waals surface area contributed by atoms with Crippen LogP contribution in [-0.2, 0) is 10.2 Å². The van der Waals surface area contributed by atoms with Crippen LogP contribution < -0.4 is 10.5 Å². The Morgan fingerprint density at radius 1 is 1.43 bits per heavy atom. The van der Waals surface area contributed by atoms with E-state index in [1.165, 1.54) is 14.1 Å². The predicted octanol–water partition coefficient (Wildman–Crippen LogP) is -0.511. The largest absolute Gasteiger partial charge is 0.388 e. The predicted molar refractivity (Wildman–Crippen MR) is 56.4 cm³/mol. The lowest BCUT2D eigenvalue weighted by Crippen LogP contribution is -2.36. The number of rotatable bonds is 7. The molecule has 0 saturated carbocycles. The molecule has 6 nitrogen and oxygen atoms in total. The van der Waals surface area contributed by atoms with Crippen LogP contribution in [0.2, 0.25) is 0 Å². The van der Waals surface area contributed by atoms with E-state index >= 15 is 0 Å². The van der Waals surface area contributed by atoms with Gasteiger partial charge in [0.25, 0.3) is 10.2 Å². The van der Waals surface area contributed by atoms with Gasteiger partial charge in [-0.05, 0) is 12.8 Å². The molecule has 0 aliphatic rings. The van der Waals surface area contributed by atoms with Crippen LogP contribution in [0, 0.1) is 5.41 Å². The summed E-state index contributed by atoms with van der Waals surface area (Å²) >= 11 is 0. The van der Waals surface area contributed by atoms with Crippen molar-refractivity contribution >= 4 is 16.0 Å². The third-order valence-corrected chi connectivity index (χ3v) is 3.17. The molecule has 0 aliphatic heterocycles. The molecule has 0 fully saturated rings. The smallest absolute Gasteiger partial charge is 0.278 e. The SMILES string of the molecule is CN(C)S(=O)(=O)NCCCCC(=N)N. The van der Waals surface area contributed by atoms with Crippen molar-refractivity contribution in [1.82, 2.24) is 9.03 Å². The van der Waals surface area contributed by atoms with Gasteiger partial charge in [-0.15, -0.1) is 0 Å². The van der Waals surface area contributed by atoms with Crippen LogP contribution in [0.25, 0.3) is 0 Å². The van der Waals surface area contributed by atoms with Crippen LogP contribution in [-0.4, -0.2) is 39.2 Å². The normalized spacial score (nSPS) is 11.9. The van der Waals surface area contributed by atoms with E-state index in [9.17, 15) is 8.42 Å². The molecule has 0 aromatic carbocycles. The van der Waals surface area contributed by atoms with Gasteiger partial charge in [0.05, 0.1) is 5.84 Å². The van der Waals surface area contributed by atoms with E-state index in [-0.39, 0.29) is 5.84 Å². The zero-order valence-corrected chi connectivity index (χ0v) is 9.39. The first-order valence-electron chi connectivity index (χ1n) is 4.36. The van der Waals surface area contributed by atoms with Crippen molar-refractivity contribution in [2.24, 2.45) is 5.73 Å². The molecule has 0 aromatic heterocycles. The monoisotopic (exact) mass is 222 g/mol. The number of nitrogens with zero attached hydrogens (tertiary/aromatic N) is 1. The quantitative estimate of drug-likeness (QED) is 0.307. The molecule has 84 valence electrons. The van der Waals surface area contributed by atoms with Crippen molar-refractivity contribution in [3.63, 3.8) is 0 Å². The third-order valence-electron chi connectivity index (χ3n) is 1.64. The van der Waals surface area contributed by atoms with Gasteiger partial charge in [0.15, 0.2) is 0 Å². The number of hydrogen-bond donors (Lipinski definition) is 3. The first-order valence-corrected chi connectivity index (χ1v) is 5.80. The van der Waals surface area contributed by atoms with Crippen LogP contribution in [0.15, 0.2) is 0 Å². The highest BCUT2D eigenvalue weighted by Gasteiger charge is 2.10. The minimum absolute atomic E-state index is 0.139. The minimum atomic E-state index is -3.30. The molecule has 0 atom stereocenters. The average molecular weight is 222 g/mol. The molecule has 0 spiro atoms. The molecule has 4 N–H and O–H groups in total. The molecule has 0 rings (SSSR count). The van der Waals surface area contributed by atoms with Gasteiger partial charge in [-0.1, -0.05) is 0 Å². The molecular formula is C7H18N4O2S. The van der Waals surface area contributed by atoms with E-state index in [0.717, 1.165) is 10.7 Å². The molecule has 0 bridgehead atoms. The van der Waals surface area contributed by atoms with Crippen LogP contribution in [0.4, 0.5) is 0 Å². The van der Waals surface area contributed by atoms with Crippen molar-refractivity contribution in [2.75, 3.05) is 20.6 Å². The lowest BCUT2D eigenvalue weighted by atomic mass is 10.2. The first kappa shape index (κ1) is 13.3. The summed E-state index contributed by atoms with van der Waals surface area (Å²) < 4.78 is 25.9. The number of hydrogen-bond acceptors (Lipinski definition) is 3. The Bertz CT molecular complexity index is 273. The summed E-state index contributed by atoms with van der Waals surface area (Å²) in [5.74, 6) is 0.139. The maximum Gasteiger partial charge on any atom is 0.278 e. The fourth-order valence-electron chi connectivity index (χ4n) is 0.771. The molecule has 0 radical (unpaired) electrons. The number of nitrogens with one attached hydrogen (secondary N) is 2. The average Bonchev–Trinajstić information content (AvgIpc) is 2.02. The lowest BCUT2D eigenvalue weighted by Gasteiger charge is -2.11. The van der Waals surface area contributed by atoms with Gasteiger partial charge >= 0.3 is 0 Å². The van der Waals surface area contributed by atoms with Crippen LogP contribution in [0.3, 0.4) is 0 Å². The summed E-state index contributed by atoms with van der Waals surface area (Å²) in [6.45, 7) is 0.383. The zero-order valence-electron chi connectivity index (χ0n) is 8.58. The Morgan fingerprint density at radius 2 is 2.00 bits per heavy atom. The fraction of sp³-hybridized carbons (Fsp3) is 0.857. The van der Waals surface area contributed by atoms with E-state index in [1.807, 2.05) is 0 Å². The molecule has 0 heterocycles. The summed E-state index contributed by atoms with van der Waals surface area (Å²) in [6, 6.07) is 0. The first-order chi connectivity index (χ1) is 6.36. The van der Waals surface area contributed by atoms with E-state index in [1.54, 1.807) is 0 Å². The van der Waals surface area contributed by atoms with Gasteiger partial charge < -0.3 is 5.73 Å². The second kappa shape index (κ2) is 5.94. The minimum Gasteiger partial charge on any atom is -0.388 e. The van der Waals surface area contributed by atoms with E-state index in [4.69, 9.17) is 11.1 Å². The van der Waals surface area contributed by atoms with Crippen LogP contribution in [0.1, 0.15) is 19.3 Å². The zero-order chi connectivity index (χ0) is 11.2. The summed E-state index contributed by atoms with van der Waals surface area (Å²) in [5.41, 5.74) is 5.15. The molecule has 0 saturated heterocycles. The molecule has 0 unspecified atom stereocenters.